The van der Waals surface area contributed by atoms with Crippen LogP contribution in [0.25, 0.3) is 0 Å². The molecule has 17 heavy (non-hydrogen) atoms. The zero-order valence-corrected chi connectivity index (χ0v) is 8.70. The van der Waals surface area contributed by atoms with Crippen LogP contribution in [0.2, 0.25) is 0 Å². The van der Waals surface area contributed by atoms with Gasteiger partial charge in [-0.05, 0) is 12.1 Å². The molecular weight excluding hydrogens is 222 g/mol. The molecule has 0 saturated carbocycles. The van der Waals surface area contributed by atoms with Gasteiger partial charge >= 0.3 is 5.97 Å². The van der Waals surface area contributed by atoms with Crippen LogP contribution in [-0.4, -0.2) is 35.1 Å². The molecule has 0 unspecified atom stereocenters. The van der Waals surface area contributed by atoms with Gasteiger partial charge in [0.05, 0.1) is 0 Å². The highest BCUT2D eigenvalue weighted by molar-refractivity contribution is 6.45. The summed E-state index contributed by atoms with van der Waals surface area (Å²) in [5, 5.41) is 11.4. The van der Waals surface area contributed by atoms with E-state index in [-0.39, 0.29) is 5.71 Å². The number of nitrogens with zero attached hydrogens (tertiary/aromatic N) is 2. The maximum absolute atomic E-state index is 11.8. The van der Waals surface area contributed by atoms with E-state index in [0.717, 1.165) is 6.34 Å². The Labute approximate surface area is 96.7 Å². The molecule has 0 saturated heterocycles. The minimum absolute atomic E-state index is 0.265. The summed E-state index contributed by atoms with van der Waals surface area (Å²) in [7, 11) is 0. The molecule has 2 rings (SSSR count). The number of aliphatic imine (C=N–C) groups is 2. The van der Waals surface area contributed by atoms with Crippen LogP contribution in [0.15, 0.2) is 40.3 Å². The van der Waals surface area contributed by atoms with Gasteiger partial charge in [0.2, 0.25) is 0 Å². The third kappa shape index (κ3) is 2.36. The number of aliphatic carboxylic acids is 1. The summed E-state index contributed by atoms with van der Waals surface area (Å²) in [5.41, 5.74) is 0.322. The van der Waals surface area contributed by atoms with Crippen molar-refractivity contribution < 1.29 is 14.7 Å². The van der Waals surface area contributed by atoms with Crippen molar-refractivity contribution in [2.45, 2.75) is 6.04 Å². The van der Waals surface area contributed by atoms with E-state index in [4.69, 9.17) is 5.11 Å². The molecule has 0 bridgehead atoms. The number of benzene rings is 1. The van der Waals surface area contributed by atoms with Gasteiger partial charge in [-0.1, -0.05) is 18.2 Å². The van der Waals surface area contributed by atoms with E-state index in [0.29, 0.717) is 5.69 Å². The Morgan fingerprint density at radius 3 is 2.59 bits per heavy atom. The molecule has 0 fully saturated rings. The summed E-state index contributed by atoms with van der Waals surface area (Å²) >= 11 is 0. The van der Waals surface area contributed by atoms with Gasteiger partial charge in [0.25, 0.3) is 5.91 Å². The fourth-order valence-electron chi connectivity index (χ4n) is 1.40. The van der Waals surface area contributed by atoms with E-state index in [2.05, 4.69) is 15.3 Å². The van der Waals surface area contributed by atoms with Crippen molar-refractivity contribution in [3.05, 3.63) is 30.3 Å². The monoisotopic (exact) mass is 231 g/mol. The first-order valence-electron chi connectivity index (χ1n) is 4.87. The van der Waals surface area contributed by atoms with Gasteiger partial charge in [0, 0.05) is 5.69 Å². The number of carbonyl (C=O) groups is 2. The molecule has 1 aliphatic heterocycles. The molecule has 6 heteroatoms. The average molecular weight is 231 g/mol. The zero-order chi connectivity index (χ0) is 12.3. The Morgan fingerprint density at radius 2 is 1.94 bits per heavy atom. The summed E-state index contributed by atoms with van der Waals surface area (Å²) < 4.78 is 0. The molecule has 1 amide bonds. The largest absolute Gasteiger partial charge is 0.477 e. The van der Waals surface area contributed by atoms with Gasteiger partial charge in [0.1, 0.15) is 6.34 Å². The number of anilines is 1. The summed E-state index contributed by atoms with van der Waals surface area (Å²) in [6.07, 6.45) is 1.08. The Bertz CT molecular complexity index is 508. The van der Waals surface area contributed by atoms with Gasteiger partial charge < -0.3 is 10.4 Å². The first kappa shape index (κ1) is 11.0. The summed E-state index contributed by atoms with van der Waals surface area (Å²) in [6.45, 7) is 0. The summed E-state index contributed by atoms with van der Waals surface area (Å²) in [4.78, 5) is 29.8. The van der Waals surface area contributed by atoms with E-state index >= 15 is 0 Å². The Kier molecular flexibility index (Phi) is 2.95. The number of carbonyl (C=O) groups excluding carboxylic acids is 1. The first-order chi connectivity index (χ1) is 8.18. The molecule has 2 N–H and O–H groups in total. The quantitative estimate of drug-likeness (QED) is 0.796. The van der Waals surface area contributed by atoms with Crippen LogP contribution in [0, 0.1) is 0 Å². The predicted molar refractivity (Wildman–Crippen MR) is 62.4 cm³/mol. The number of para-hydroxylation sites is 1. The lowest BCUT2D eigenvalue weighted by Crippen LogP contribution is -2.35. The highest BCUT2D eigenvalue weighted by Gasteiger charge is 2.31. The number of carboxylic acid groups (broad SMARTS) is 1. The van der Waals surface area contributed by atoms with E-state index in [1.807, 2.05) is 6.07 Å². The Balaban J connectivity index is 2.09. The summed E-state index contributed by atoms with van der Waals surface area (Å²) in [6, 6.07) is 7.67. The number of rotatable bonds is 3. The van der Waals surface area contributed by atoms with Crippen LogP contribution in [0.1, 0.15) is 0 Å². The average Bonchev–Trinajstić information content (AvgIpc) is 2.79. The molecule has 0 radical (unpaired) electrons. The van der Waals surface area contributed by atoms with Crippen LogP contribution < -0.4 is 5.32 Å². The minimum atomic E-state index is -1.24. The fourth-order valence-corrected chi connectivity index (χ4v) is 1.40. The highest BCUT2D eigenvalue weighted by atomic mass is 16.4. The third-order valence-corrected chi connectivity index (χ3v) is 2.18. The third-order valence-electron chi connectivity index (χ3n) is 2.18. The number of nitrogens with one attached hydrogen (secondary N) is 1. The molecule has 0 spiro atoms. The van der Waals surface area contributed by atoms with Crippen molar-refractivity contribution >= 4 is 29.6 Å². The van der Waals surface area contributed by atoms with E-state index in [9.17, 15) is 9.59 Å². The second-order valence-corrected chi connectivity index (χ2v) is 3.34. The second-order valence-electron chi connectivity index (χ2n) is 3.34. The normalized spacial score (nSPS) is 17.6. The molecule has 1 aliphatic rings. The molecule has 86 valence electrons. The highest BCUT2D eigenvalue weighted by Crippen LogP contribution is 2.09. The molecule has 0 aliphatic carbocycles. The zero-order valence-electron chi connectivity index (χ0n) is 8.70. The maximum Gasteiger partial charge on any atom is 0.353 e. The second kappa shape index (κ2) is 4.56. The van der Waals surface area contributed by atoms with Crippen LogP contribution in [0.3, 0.4) is 0 Å². The number of hydrogen-bond donors (Lipinski definition) is 2. The minimum Gasteiger partial charge on any atom is -0.477 e. The van der Waals surface area contributed by atoms with Gasteiger partial charge in [-0.2, -0.15) is 0 Å². The van der Waals surface area contributed by atoms with Gasteiger partial charge in [-0.3, -0.25) is 9.79 Å². The van der Waals surface area contributed by atoms with Gasteiger partial charge in [-0.25, -0.2) is 9.79 Å². The van der Waals surface area contributed by atoms with Crippen molar-refractivity contribution in [1.82, 2.24) is 0 Å². The standard InChI is InChI=1S/C11H9N3O3/c15-10(14-7-4-2-1-3-5-7)8-9(11(16)17)13-6-12-8/h1-6,8H,(H,14,15)(H,16,17)/t8-/m0/s1. The SMILES string of the molecule is O=C(O)C1=NC=N[C@@H]1C(=O)Nc1ccccc1. The van der Waals surface area contributed by atoms with Crippen molar-refractivity contribution in [3.63, 3.8) is 0 Å². The molecule has 0 aromatic heterocycles. The van der Waals surface area contributed by atoms with Crippen LogP contribution in [-0.2, 0) is 9.59 Å². The number of hydrogen-bond acceptors (Lipinski definition) is 4. The summed E-state index contributed by atoms with van der Waals surface area (Å²) in [5.74, 6) is -1.75. The van der Waals surface area contributed by atoms with Crippen LogP contribution in [0.4, 0.5) is 5.69 Å². The van der Waals surface area contributed by atoms with Crippen molar-refractivity contribution in [3.8, 4) is 0 Å². The maximum atomic E-state index is 11.8. The van der Waals surface area contributed by atoms with E-state index in [1.165, 1.54) is 0 Å². The molecule has 1 aromatic carbocycles. The Morgan fingerprint density at radius 1 is 1.24 bits per heavy atom. The van der Waals surface area contributed by atoms with Crippen LogP contribution in [0.5, 0.6) is 0 Å². The predicted octanol–water partition coefficient (Wildman–Crippen LogP) is 0.561. The molecule has 1 heterocycles. The first-order valence-corrected chi connectivity index (χ1v) is 4.87. The fraction of sp³-hybridized carbons (Fsp3) is 0.0909. The molecule has 1 atom stereocenters. The van der Waals surface area contributed by atoms with Crippen molar-refractivity contribution in [2.75, 3.05) is 5.32 Å². The molecular formula is C11H9N3O3. The van der Waals surface area contributed by atoms with Gasteiger partial charge in [0.15, 0.2) is 11.8 Å². The lowest BCUT2D eigenvalue weighted by atomic mass is 10.1. The topological polar surface area (TPSA) is 91.1 Å². The molecule has 1 aromatic rings. The van der Waals surface area contributed by atoms with E-state index < -0.39 is 17.9 Å². The molecule has 6 nitrogen and oxygen atoms in total. The van der Waals surface area contributed by atoms with Crippen molar-refractivity contribution in [1.29, 1.82) is 0 Å². The van der Waals surface area contributed by atoms with Crippen LogP contribution >= 0.6 is 0 Å². The van der Waals surface area contributed by atoms with E-state index in [1.54, 1.807) is 24.3 Å². The lowest BCUT2D eigenvalue weighted by molar-refractivity contribution is -0.130. The number of amides is 1. The van der Waals surface area contributed by atoms with Gasteiger partial charge in [-0.15, -0.1) is 0 Å². The smallest absolute Gasteiger partial charge is 0.353 e. The Hall–Kier alpha value is -2.50. The van der Waals surface area contributed by atoms with Crippen molar-refractivity contribution in [2.24, 2.45) is 9.98 Å². The lowest BCUT2D eigenvalue weighted by Gasteiger charge is -2.08. The number of carboxylic acids is 1.